The van der Waals surface area contributed by atoms with Crippen molar-refractivity contribution in [2.75, 3.05) is 6.61 Å². The van der Waals surface area contributed by atoms with Crippen molar-refractivity contribution < 1.29 is 9.26 Å². The van der Waals surface area contributed by atoms with Gasteiger partial charge in [-0.25, -0.2) is 0 Å². The standard InChI is InChI=1S/C14H12N4O2/c1-2-12(19-7-1)13-17-14(20-18-13)9-3-6-16-11-4-5-15-8-10(9)11/h3-6,8,12H,1-2,7H2. The number of ether oxygens (including phenoxy) is 1. The Hall–Kier alpha value is -2.34. The molecule has 0 aromatic carbocycles. The Kier molecular flexibility index (Phi) is 2.67. The molecule has 1 saturated heterocycles. The highest BCUT2D eigenvalue weighted by molar-refractivity contribution is 5.91. The van der Waals surface area contributed by atoms with Gasteiger partial charge < -0.3 is 9.26 Å². The van der Waals surface area contributed by atoms with Gasteiger partial charge in [0.2, 0.25) is 5.82 Å². The maximum atomic E-state index is 5.57. The van der Waals surface area contributed by atoms with Crippen LogP contribution in [0, 0.1) is 0 Å². The minimum atomic E-state index is -0.0428. The van der Waals surface area contributed by atoms with Crippen LogP contribution in [0.4, 0.5) is 0 Å². The summed E-state index contributed by atoms with van der Waals surface area (Å²) >= 11 is 0. The van der Waals surface area contributed by atoms with Gasteiger partial charge in [-0.3, -0.25) is 9.97 Å². The van der Waals surface area contributed by atoms with Crippen LogP contribution in [-0.2, 0) is 4.74 Å². The van der Waals surface area contributed by atoms with E-state index in [9.17, 15) is 0 Å². The molecular weight excluding hydrogens is 256 g/mol. The fraction of sp³-hybridized carbons (Fsp3) is 0.286. The van der Waals surface area contributed by atoms with Crippen LogP contribution in [0.3, 0.4) is 0 Å². The van der Waals surface area contributed by atoms with Gasteiger partial charge in [-0.2, -0.15) is 4.98 Å². The van der Waals surface area contributed by atoms with E-state index < -0.39 is 0 Å². The number of nitrogens with zero attached hydrogens (tertiary/aromatic N) is 4. The van der Waals surface area contributed by atoms with Crippen molar-refractivity contribution in [3.63, 3.8) is 0 Å². The summed E-state index contributed by atoms with van der Waals surface area (Å²) in [5.74, 6) is 1.10. The van der Waals surface area contributed by atoms with E-state index in [0.29, 0.717) is 11.7 Å². The average Bonchev–Trinajstić information content (AvgIpc) is 3.17. The molecule has 6 nitrogen and oxygen atoms in total. The lowest BCUT2D eigenvalue weighted by Gasteiger charge is -2.01. The molecule has 0 spiro atoms. The minimum Gasteiger partial charge on any atom is -0.370 e. The maximum absolute atomic E-state index is 5.57. The topological polar surface area (TPSA) is 73.9 Å². The molecule has 100 valence electrons. The Bertz CT molecular complexity index is 744. The fourth-order valence-electron chi connectivity index (χ4n) is 2.43. The van der Waals surface area contributed by atoms with Crippen molar-refractivity contribution in [3.8, 4) is 11.5 Å². The summed E-state index contributed by atoms with van der Waals surface area (Å²) in [6.07, 6.45) is 7.14. The molecule has 20 heavy (non-hydrogen) atoms. The highest BCUT2D eigenvalue weighted by Gasteiger charge is 2.24. The zero-order chi connectivity index (χ0) is 13.4. The molecule has 4 rings (SSSR count). The second-order valence-electron chi connectivity index (χ2n) is 4.71. The molecule has 3 aromatic heterocycles. The second-order valence-corrected chi connectivity index (χ2v) is 4.71. The van der Waals surface area contributed by atoms with Crippen molar-refractivity contribution >= 4 is 10.9 Å². The largest absolute Gasteiger partial charge is 0.370 e. The molecule has 4 heterocycles. The second kappa shape index (κ2) is 4.64. The van der Waals surface area contributed by atoms with E-state index in [1.54, 1.807) is 18.6 Å². The van der Waals surface area contributed by atoms with E-state index in [2.05, 4.69) is 20.1 Å². The van der Waals surface area contributed by atoms with Crippen molar-refractivity contribution in [1.82, 2.24) is 20.1 Å². The zero-order valence-electron chi connectivity index (χ0n) is 10.7. The number of pyridine rings is 2. The summed E-state index contributed by atoms with van der Waals surface area (Å²) in [5.41, 5.74) is 1.70. The molecule has 1 aliphatic rings. The van der Waals surface area contributed by atoms with Gasteiger partial charge in [0.1, 0.15) is 6.10 Å². The van der Waals surface area contributed by atoms with Crippen LogP contribution < -0.4 is 0 Å². The molecule has 1 atom stereocenters. The van der Waals surface area contributed by atoms with Crippen LogP contribution in [0.1, 0.15) is 24.8 Å². The van der Waals surface area contributed by atoms with E-state index in [1.807, 2.05) is 12.1 Å². The summed E-state index contributed by atoms with van der Waals surface area (Å²) in [5, 5.41) is 4.93. The average molecular weight is 268 g/mol. The highest BCUT2D eigenvalue weighted by Crippen LogP contribution is 2.30. The Morgan fingerprint density at radius 3 is 3.10 bits per heavy atom. The Morgan fingerprint density at radius 2 is 2.20 bits per heavy atom. The Balaban J connectivity index is 1.79. The first-order chi connectivity index (χ1) is 9.92. The van der Waals surface area contributed by atoms with Gasteiger partial charge in [0.25, 0.3) is 5.89 Å². The highest BCUT2D eigenvalue weighted by atomic mass is 16.5. The molecule has 0 bridgehead atoms. The van der Waals surface area contributed by atoms with Crippen LogP contribution in [0.25, 0.3) is 22.4 Å². The first-order valence-electron chi connectivity index (χ1n) is 6.56. The van der Waals surface area contributed by atoms with Gasteiger partial charge in [-0.15, -0.1) is 0 Å². The predicted molar refractivity (Wildman–Crippen MR) is 70.8 cm³/mol. The molecule has 1 unspecified atom stereocenters. The molecule has 6 heteroatoms. The summed E-state index contributed by atoms with van der Waals surface area (Å²) in [7, 11) is 0. The van der Waals surface area contributed by atoms with Crippen molar-refractivity contribution in [3.05, 3.63) is 36.5 Å². The Morgan fingerprint density at radius 1 is 1.20 bits per heavy atom. The monoisotopic (exact) mass is 268 g/mol. The molecule has 0 aliphatic carbocycles. The lowest BCUT2D eigenvalue weighted by molar-refractivity contribution is 0.103. The molecule has 3 aromatic rings. The first-order valence-corrected chi connectivity index (χ1v) is 6.56. The first kappa shape index (κ1) is 11.5. The predicted octanol–water partition coefficient (Wildman–Crippen LogP) is 2.53. The number of aromatic nitrogens is 4. The molecule has 1 aliphatic heterocycles. The van der Waals surface area contributed by atoms with Gasteiger partial charge in [0.05, 0.1) is 11.1 Å². The number of rotatable bonds is 2. The maximum Gasteiger partial charge on any atom is 0.258 e. The van der Waals surface area contributed by atoms with Crippen molar-refractivity contribution in [2.45, 2.75) is 18.9 Å². The van der Waals surface area contributed by atoms with Crippen LogP contribution >= 0.6 is 0 Å². The third-order valence-corrected chi connectivity index (χ3v) is 3.43. The molecule has 0 N–H and O–H groups in total. The summed E-state index contributed by atoms with van der Waals surface area (Å²) < 4.78 is 10.9. The molecular formula is C14H12N4O2. The third-order valence-electron chi connectivity index (χ3n) is 3.43. The van der Waals surface area contributed by atoms with Gasteiger partial charge in [0.15, 0.2) is 0 Å². The smallest absolute Gasteiger partial charge is 0.258 e. The van der Waals surface area contributed by atoms with E-state index in [1.165, 1.54) is 0 Å². The number of hydrogen-bond donors (Lipinski definition) is 0. The molecule has 0 saturated carbocycles. The fourth-order valence-corrected chi connectivity index (χ4v) is 2.43. The summed E-state index contributed by atoms with van der Waals surface area (Å²) in [6.45, 7) is 0.761. The van der Waals surface area contributed by atoms with E-state index >= 15 is 0 Å². The van der Waals surface area contributed by atoms with Gasteiger partial charge in [-0.05, 0) is 25.0 Å². The Labute approximate surface area is 114 Å². The lowest BCUT2D eigenvalue weighted by Crippen LogP contribution is -1.97. The molecule has 0 amide bonds. The van der Waals surface area contributed by atoms with Crippen LogP contribution in [0.5, 0.6) is 0 Å². The normalized spacial score (nSPS) is 18.7. The minimum absolute atomic E-state index is 0.0428. The number of hydrogen-bond acceptors (Lipinski definition) is 6. The van der Waals surface area contributed by atoms with Crippen molar-refractivity contribution in [2.24, 2.45) is 0 Å². The van der Waals surface area contributed by atoms with E-state index in [0.717, 1.165) is 35.9 Å². The van der Waals surface area contributed by atoms with Crippen LogP contribution in [0.2, 0.25) is 0 Å². The van der Waals surface area contributed by atoms with E-state index in [4.69, 9.17) is 9.26 Å². The lowest BCUT2D eigenvalue weighted by atomic mass is 10.1. The SMILES string of the molecule is c1cc2nccc(-c3nc(C4CCCO4)no3)c2cn1. The van der Waals surface area contributed by atoms with Gasteiger partial charge in [0, 0.05) is 30.6 Å². The zero-order valence-corrected chi connectivity index (χ0v) is 10.7. The van der Waals surface area contributed by atoms with Crippen molar-refractivity contribution in [1.29, 1.82) is 0 Å². The van der Waals surface area contributed by atoms with Gasteiger partial charge in [-0.1, -0.05) is 5.16 Å². The third kappa shape index (κ3) is 1.85. The number of fused-ring (bicyclic) bond motifs is 1. The summed E-state index contributed by atoms with van der Waals surface area (Å²) in [4.78, 5) is 12.9. The summed E-state index contributed by atoms with van der Waals surface area (Å²) in [6, 6.07) is 3.72. The van der Waals surface area contributed by atoms with Crippen LogP contribution in [0.15, 0.2) is 35.2 Å². The van der Waals surface area contributed by atoms with Crippen LogP contribution in [-0.4, -0.2) is 26.7 Å². The quantitative estimate of drug-likeness (QED) is 0.711. The van der Waals surface area contributed by atoms with E-state index in [-0.39, 0.29) is 6.10 Å². The molecule has 0 radical (unpaired) electrons. The molecule has 1 fully saturated rings. The van der Waals surface area contributed by atoms with Gasteiger partial charge >= 0.3 is 0 Å².